The molecule has 1 aromatic heterocycles. The number of nitrogens with one attached hydrogen (secondary N) is 1. The molecule has 1 aliphatic carbocycles. The highest BCUT2D eigenvalue weighted by molar-refractivity contribution is 7.91. The summed E-state index contributed by atoms with van der Waals surface area (Å²) in [6.07, 6.45) is 6.56. The number of amides is 1. The normalized spacial score (nSPS) is 25.7. The zero-order chi connectivity index (χ0) is 17.2. The molecule has 1 saturated heterocycles. The first-order valence-electron chi connectivity index (χ1n) is 8.83. The summed E-state index contributed by atoms with van der Waals surface area (Å²) in [5.74, 6) is 0.760. The van der Waals surface area contributed by atoms with Crippen LogP contribution in [0.4, 0.5) is 0 Å². The average Bonchev–Trinajstić information content (AvgIpc) is 3.21. The van der Waals surface area contributed by atoms with Gasteiger partial charge in [-0.1, -0.05) is 6.92 Å². The molecular formula is C17H26N2O3S2. The first-order chi connectivity index (χ1) is 11.4. The van der Waals surface area contributed by atoms with Gasteiger partial charge in [-0.05, 0) is 56.6 Å². The Kier molecular flexibility index (Phi) is 5.62. The summed E-state index contributed by atoms with van der Waals surface area (Å²) in [4.78, 5) is 13.0. The molecule has 2 heterocycles. The standard InChI is InChI=1S/C17H26N2O3S2/c1-13-4-6-14(7-5-13)18-16(20)12-15-8-9-17(23-15)24(21,22)19-10-2-3-11-19/h8-9,13-14H,2-7,10-12H2,1H3,(H,18,20). The Balaban J connectivity index is 1.56. The van der Waals surface area contributed by atoms with Crippen LogP contribution in [0.5, 0.6) is 0 Å². The molecule has 0 bridgehead atoms. The molecule has 1 N–H and O–H groups in total. The molecular weight excluding hydrogens is 344 g/mol. The third-order valence-electron chi connectivity index (χ3n) is 5.01. The largest absolute Gasteiger partial charge is 0.353 e. The summed E-state index contributed by atoms with van der Waals surface area (Å²) < 4.78 is 26.9. The van der Waals surface area contributed by atoms with Crippen molar-refractivity contribution in [3.8, 4) is 0 Å². The first-order valence-corrected chi connectivity index (χ1v) is 11.1. The summed E-state index contributed by atoms with van der Waals surface area (Å²) >= 11 is 1.23. The molecule has 0 unspecified atom stereocenters. The summed E-state index contributed by atoms with van der Waals surface area (Å²) in [7, 11) is -3.37. The van der Waals surface area contributed by atoms with Crippen LogP contribution in [0, 0.1) is 5.92 Å². The Morgan fingerprint density at radius 2 is 1.88 bits per heavy atom. The van der Waals surface area contributed by atoms with E-state index in [0.29, 0.717) is 17.3 Å². The molecule has 134 valence electrons. The molecule has 0 atom stereocenters. The SMILES string of the molecule is CC1CCC(NC(=O)Cc2ccc(S(=O)(=O)N3CCCC3)s2)CC1. The number of thiophene rings is 1. The minimum absolute atomic E-state index is 0.00141. The molecule has 3 rings (SSSR count). The van der Waals surface area contributed by atoms with Gasteiger partial charge in [0.15, 0.2) is 0 Å². The van der Waals surface area contributed by atoms with Gasteiger partial charge in [0, 0.05) is 24.0 Å². The first kappa shape index (κ1) is 17.9. The molecule has 7 heteroatoms. The van der Waals surface area contributed by atoms with Gasteiger partial charge in [0.25, 0.3) is 10.0 Å². The van der Waals surface area contributed by atoms with Crippen LogP contribution in [0.25, 0.3) is 0 Å². The second kappa shape index (κ2) is 7.54. The van der Waals surface area contributed by atoms with E-state index in [1.807, 2.05) is 0 Å². The van der Waals surface area contributed by atoms with Crippen molar-refractivity contribution in [1.82, 2.24) is 9.62 Å². The molecule has 5 nitrogen and oxygen atoms in total. The van der Waals surface area contributed by atoms with Gasteiger partial charge in [-0.25, -0.2) is 8.42 Å². The number of carbonyl (C=O) groups is 1. The molecule has 0 spiro atoms. The van der Waals surface area contributed by atoms with E-state index in [9.17, 15) is 13.2 Å². The van der Waals surface area contributed by atoms with Gasteiger partial charge in [-0.2, -0.15) is 4.31 Å². The van der Waals surface area contributed by atoms with E-state index in [1.54, 1.807) is 16.4 Å². The summed E-state index contributed by atoms with van der Waals surface area (Å²) in [5, 5.41) is 3.10. The molecule has 0 aromatic carbocycles. The number of hydrogen-bond acceptors (Lipinski definition) is 4. The van der Waals surface area contributed by atoms with Crippen LogP contribution in [0.1, 0.15) is 50.3 Å². The number of nitrogens with zero attached hydrogens (tertiary/aromatic N) is 1. The maximum absolute atomic E-state index is 12.5. The number of rotatable bonds is 5. The van der Waals surface area contributed by atoms with Gasteiger partial charge >= 0.3 is 0 Å². The van der Waals surface area contributed by atoms with Crippen molar-refractivity contribution in [3.05, 3.63) is 17.0 Å². The Hall–Kier alpha value is -0.920. The van der Waals surface area contributed by atoms with E-state index in [1.165, 1.54) is 24.2 Å². The third kappa shape index (κ3) is 4.18. The second-order valence-electron chi connectivity index (χ2n) is 7.03. The second-order valence-corrected chi connectivity index (χ2v) is 10.4. The van der Waals surface area contributed by atoms with Crippen molar-refractivity contribution >= 4 is 27.3 Å². The highest BCUT2D eigenvalue weighted by Crippen LogP contribution is 2.28. The molecule has 24 heavy (non-hydrogen) atoms. The van der Waals surface area contributed by atoms with E-state index in [4.69, 9.17) is 0 Å². The van der Waals surface area contributed by atoms with Gasteiger partial charge in [-0.3, -0.25) is 4.79 Å². The lowest BCUT2D eigenvalue weighted by molar-refractivity contribution is -0.121. The van der Waals surface area contributed by atoms with Crippen LogP contribution in [0.15, 0.2) is 16.3 Å². The highest BCUT2D eigenvalue weighted by atomic mass is 32.2. The smallest absolute Gasteiger partial charge is 0.252 e. The van der Waals surface area contributed by atoms with Crippen molar-refractivity contribution in [2.75, 3.05) is 13.1 Å². The Bertz CT molecular complexity index is 670. The van der Waals surface area contributed by atoms with Crippen molar-refractivity contribution in [2.24, 2.45) is 5.92 Å². The van der Waals surface area contributed by atoms with Crippen LogP contribution in [0.2, 0.25) is 0 Å². The van der Waals surface area contributed by atoms with Crippen molar-refractivity contribution in [1.29, 1.82) is 0 Å². The summed E-state index contributed by atoms with van der Waals surface area (Å²) in [6, 6.07) is 3.70. The van der Waals surface area contributed by atoms with E-state index < -0.39 is 10.0 Å². The summed E-state index contributed by atoms with van der Waals surface area (Å²) in [5.41, 5.74) is 0. The fourth-order valence-electron chi connectivity index (χ4n) is 3.49. The van der Waals surface area contributed by atoms with Gasteiger partial charge < -0.3 is 5.32 Å². The molecule has 2 fully saturated rings. The average molecular weight is 371 g/mol. The van der Waals surface area contributed by atoms with Gasteiger partial charge in [0.2, 0.25) is 5.91 Å². The minimum atomic E-state index is -3.37. The van der Waals surface area contributed by atoms with Gasteiger partial charge in [0.05, 0.1) is 6.42 Å². The lowest BCUT2D eigenvalue weighted by Crippen LogP contribution is -2.38. The van der Waals surface area contributed by atoms with Gasteiger partial charge in [0.1, 0.15) is 4.21 Å². The molecule has 1 saturated carbocycles. The number of carbonyl (C=O) groups excluding carboxylic acids is 1. The lowest BCUT2D eigenvalue weighted by atomic mass is 9.87. The predicted molar refractivity (Wildman–Crippen MR) is 95.6 cm³/mol. The van der Waals surface area contributed by atoms with E-state index >= 15 is 0 Å². The molecule has 1 aliphatic heterocycles. The molecule has 0 radical (unpaired) electrons. The molecule has 1 amide bonds. The lowest BCUT2D eigenvalue weighted by Gasteiger charge is -2.26. The van der Waals surface area contributed by atoms with Crippen molar-refractivity contribution in [2.45, 2.75) is 62.1 Å². The molecule has 1 aromatic rings. The Morgan fingerprint density at radius 1 is 1.21 bits per heavy atom. The van der Waals surface area contributed by atoms with Crippen LogP contribution < -0.4 is 5.32 Å². The maximum Gasteiger partial charge on any atom is 0.252 e. The summed E-state index contributed by atoms with van der Waals surface area (Å²) in [6.45, 7) is 3.47. The third-order valence-corrected chi connectivity index (χ3v) is 8.46. The minimum Gasteiger partial charge on any atom is -0.353 e. The van der Waals surface area contributed by atoms with Crippen LogP contribution in [-0.2, 0) is 21.2 Å². The number of hydrogen-bond donors (Lipinski definition) is 1. The quantitative estimate of drug-likeness (QED) is 0.867. The van der Waals surface area contributed by atoms with E-state index in [0.717, 1.165) is 36.5 Å². The fourth-order valence-corrected chi connectivity index (χ4v) is 6.51. The topological polar surface area (TPSA) is 66.5 Å². The maximum atomic E-state index is 12.5. The van der Waals surface area contributed by atoms with Crippen LogP contribution >= 0.6 is 11.3 Å². The predicted octanol–water partition coefficient (Wildman–Crippen LogP) is 2.77. The number of sulfonamides is 1. The zero-order valence-corrected chi connectivity index (χ0v) is 15.8. The van der Waals surface area contributed by atoms with Gasteiger partial charge in [-0.15, -0.1) is 11.3 Å². The van der Waals surface area contributed by atoms with Crippen LogP contribution in [0.3, 0.4) is 0 Å². The highest BCUT2D eigenvalue weighted by Gasteiger charge is 2.28. The van der Waals surface area contributed by atoms with E-state index in [2.05, 4.69) is 12.2 Å². The Labute approximate surface area is 148 Å². The monoisotopic (exact) mass is 370 g/mol. The van der Waals surface area contributed by atoms with Crippen molar-refractivity contribution < 1.29 is 13.2 Å². The fraction of sp³-hybridized carbons (Fsp3) is 0.706. The van der Waals surface area contributed by atoms with Crippen LogP contribution in [-0.4, -0.2) is 37.8 Å². The van der Waals surface area contributed by atoms with Crippen molar-refractivity contribution in [3.63, 3.8) is 0 Å². The Morgan fingerprint density at radius 3 is 2.54 bits per heavy atom. The molecule has 2 aliphatic rings. The zero-order valence-electron chi connectivity index (χ0n) is 14.2. The van der Waals surface area contributed by atoms with E-state index in [-0.39, 0.29) is 18.4 Å².